The van der Waals surface area contributed by atoms with Crippen LogP contribution in [0.25, 0.3) is 16.5 Å². The highest BCUT2D eigenvalue weighted by Crippen LogP contribution is 2.28. The number of H-pyrrole nitrogens is 1. The maximum absolute atomic E-state index is 3.41. The predicted molar refractivity (Wildman–Crippen MR) is 120 cm³/mol. The fourth-order valence-electron chi connectivity index (χ4n) is 3.38. The fraction of sp³-hybridized carbons (Fsp3) is 0.333. The highest BCUT2D eigenvalue weighted by atomic mass is 32.2. The molecule has 1 aliphatic heterocycles. The molecule has 1 aliphatic rings. The zero-order valence-electron chi connectivity index (χ0n) is 15.0. The van der Waals surface area contributed by atoms with Crippen LogP contribution < -0.4 is 0 Å². The molecule has 0 radical (unpaired) electrons. The van der Waals surface area contributed by atoms with Gasteiger partial charge in [0, 0.05) is 58.0 Å². The van der Waals surface area contributed by atoms with Crippen molar-refractivity contribution in [2.24, 2.45) is 0 Å². The molecule has 0 atom stereocenters. The van der Waals surface area contributed by atoms with Gasteiger partial charge in [-0.2, -0.15) is 11.8 Å². The molecule has 3 aromatic rings. The van der Waals surface area contributed by atoms with Gasteiger partial charge in [-0.25, -0.2) is 0 Å². The molecule has 3 heterocycles. The molecule has 5 heteroatoms. The smallest absolute Gasteiger partial charge is 0.0457 e. The van der Waals surface area contributed by atoms with E-state index in [1.54, 1.807) is 0 Å². The monoisotopic (exact) mass is 400 g/mol. The van der Waals surface area contributed by atoms with Gasteiger partial charge in [-0.05, 0) is 53.5 Å². The van der Waals surface area contributed by atoms with Crippen LogP contribution in [0.1, 0.15) is 16.9 Å². The van der Waals surface area contributed by atoms with Crippen LogP contribution in [0.15, 0.2) is 52.9 Å². The minimum Gasteiger partial charge on any atom is -0.361 e. The van der Waals surface area contributed by atoms with Gasteiger partial charge >= 0.3 is 0 Å². The van der Waals surface area contributed by atoms with Crippen LogP contribution in [0, 0.1) is 0 Å². The van der Waals surface area contributed by atoms with Crippen molar-refractivity contribution in [3.63, 3.8) is 0 Å². The van der Waals surface area contributed by atoms with E-state index in [0.717, 1.165) is 12.3 Å². The first-order valence-corrected chi connectivity index (χ1v) is 12.3. The van der Waals surface area contributed by atoms with E-state index in [2.05, 4.69) is 64.1 Å². The second-order valence-corrected chi connectivity index (χ2v) is 9.47. The van der Waals surface area contributed by atoms with Gasteiger partial charge in [0.15, 0.2) is 0 Å². The van der Waals surface area contributed by atoms with Crippen molar-refractivity contribution in [1.82, 2.24) is 9.88 Å². The Bertz CT molecular complexity index is 880. The second kappa shape index (κ2) is 8.70. The van der Waals surface area contributed by atoms with Gasteiger partial charge in [0.25, 0.3) is 0 Å². The van der Waals surface area contributed by atoms with Crippen LogP contribution in [0.3, 0.4) is 0 Å². The Balaban J connectivity index is 1.26. The summed E-state index contributed by atoms with van der Waals surface area (Å²) >= 11 is 5.71. The third kappa shape index (κ3) is 4.22. The van der Waals surface area contributed by atoms with Gasteiger partial charge in [-0.15, -0.1) is 23.1 Å². The van der Waals surface area contributed by atoms with Crippen LogP contribution in [0.5, 0.6) is 0 Å². The van der Waals surface area contributed by atoms with Crippen molar-refractivity contribution >= 4 is 51.3 Å². The summed E-state index contributed by atoms with van der Waals surface area (Å²) in [5.41, 5.74) is 4.22. The van der Waals surface area contributed by atoms with Crippen molar-refractivity contribution in [2.75, 3.05) is 31.6 Å². The number of fused-ring (bicyclic) bond motifs is 1. The van der Waals surface area contributed by atoms with Crippen molar-refractivity contribution in [2.45, 2.75) is 17.1 Å². The number of hydrogen-bond donors (Lipinski definition) is 1. The molecule has 2 aromatic heterocycles. The van der Waals surface area contributed by atoms with Crippen molar-refractivity contribution in [1.29, 1.82) is 0 Å². The predicted octanol–water partition coefficient (Wildman–Crippen LogP) is 5.97. The maximum Gasteiger partial charge on any atom is 0.0457 e. The lowest BCUT2D eigenvalue weighted by atomic mass is 10.1. The molecule has 0 saturated heterocycles. The van der Waals surface area contributed by atoms with Gasteiger partial charge in [-0.1, -0.05) is 12.1 Å². The van der Waals surface area contributed by atoms with E-state index in [1.165, 1.54) is 57.1 Å². The summed E-state index contributed by atoms with van der Waals surface area (Å²) in [6.07, 6.45) is 7.92. The van der Waals surface area contributed by atoms with Gasteiger partial charge < -0.3 is 4.98 Å². The summed E-state index contributed by atoms with van der Waals surface area (Å²) < 4.78 is 0. The van der Waals surface area contributed by atoms with Crippen molar-refractivity contribution < 1.29 is 0 Å². The van der Waals surface area contributed by atoms with Crippen LogP contribution in [-0.4, -0.2) is 41.5 Å². The van der Waals surface area contributed by atoms with E-state index in [4.69, 9.17) is 0 Å². The minimum absolute atomic E-state index is 1.09. The molecular formula is C21H24N2S3. The summed E-state index contributed by atoms with van der Waals surface area (Å²) in [7, 11) is 0. The third-order valence-corrected chi connectivity index (χ3v) is 7.57. The first-order valence-electron chi connectivity index (χ1n) is 9.00. The van der Waals surface area contributed by atoms with E-state index in [0.29, 0.717) is 0 Å². The summed E-state index contributed by atoms with van der Waals surface area (Å²) in [6.45, 7) is 3.46. The molecule has 0 bridgehead atoms. The second-order valence-electron chi connectivity index (χ2n) is 6.54. The lowest BCUT2D eigenvalue weighted by molar-refractivity contribution is 0.321. The van der Waals surface area contributed by atoms with Crippen molar-refractivity contribution in [3.8, 4) is 0 Å². The fourth-order valence-corrected chi connectivity index (χ4v) is 5.61. The van der Waals surface area contributed by atoms with Crippen LogP contribution in [0.2, 0.25) is 0 Å². The number of nitrogens with one attached hydrogen (secondary N) is 1. The number of aromatic amines is 1. The van der Waals surface area contributed by atoms with Gasteiger partial charge in [-0.3, -0.25) is 4.90 Å². The summed E-state index contributed by atoms with van der Waals surface area (Å²) in [6, 6.07) is 11.1. The first-order chi connectivity index (χ1) is 12.8. The maximum atomic E-state index is 3.41. The number of thiophene rings is 1. The number of aromatic nitrogens is 1. The van der Waals surface area contributed by atoms with Gasteiger partial charge in [0.1, 0.15) is 0 Å². The summed E-state index contributed by atoms with van der Waals surface area (Å²) in [5, 5.41) is 3.55. The zero-order valence-corrected chi connectivity index (χ0v) is 17.5. The van der Waals surface area contributed by atoms with Crippen LogP contribution in [0.4, 0.5) is 0 Å². The average Bonchev–Trinajstić information content (AvgIpc) is 3.35. The summed E-state index contributed by atoms with van der Waals surface area (Å²) in [5.74, 6) is 2.28. The Kier molecular flexibility index (Phi) is 6.10. The number of thioether (sulfide) groups is 2. The van der Waals surface area contributed by atoms with E-state index < -0.39 is 0 Å². The molecule has 0 saturated carbocycles. The zero-order chi connectivity index (χ0) is 17.8. The van der Waals surface area contributed by atoms with Gasteiger partial charge in [0.2, 0.25) is 0 Å². The number of benzene rings is 1. The molecule has 2 nitrogen and oxygen atoms in total. The number of nitrogens with zero attached hydrogens (tertiary/aromatic N) is 1. The molecule has 0 aliphatic carbocycles. The molecule has 26 heavy (non-hydrogen) atoms. The molecule has 1 aromatic carbocycles. The lowest BCUT2D eigenvalue weighted by Crippen LogP contribution is -2.30. The topological polar surface area (TPSA) is 19.0 Å². The molecule has 0 unspecified atom stereocenters. The highest BCUT2D eigenvalue weighted by Gasteiger charge is 2.13. The molecule has 0 spiro atoms. The highest BCUT2D eigenvalue weighted by molar-refractivity contribution is 7.98. The first kappa shape index (κ1) is 18.2. The Hall–Kier alpha value is -1.14. The quantitative estimate of drug-likeness (QED) is 0.389. The van der Waals surface area contributed by atoms with E-state index >= 15 is 0 Å². The standard InChI is InChI=1S/C21H24N2S3/c1-24-18-4-5-20-19(13-18)17(14-22-20)15-25-12-10-23-8-6-16(7-9-23)21-3-2-11-26-21/h2-6,11,13-14,22H,7-10,12,15H2,1H3. The number of rotatable bonds is 7. The molecule has 0 fully saturated rings. The molecular weight excluding hydrogens is 376 g/mol. The normalized spacial score (nSPS) is 15.5. The van der Waals surface area contributed by atoms with E-state index in [1.807, 2.05) is 34.9 Å². The van der Waals surface area contributed by atoms with Crippen LogP contribution in [-0.2, 0) is 5.75 Å². The Morgan fingerprint density at radius 1 is 1.27 bits per heavy atom. The van der Waals surface area contributed by atoms with Crippen LogP contribution >= 0.6 is 34.9 Å². The Morgan fingerprint density at radius 3 is 3.00 bits per heavy atom. The molecule has 136 valence electrons. The van der Waals surface area contributed by atoms with E-state index in [9.17, 15) is 0 Å². The lowest BCUT2D eigenvalue weighted by Gasteiger charge is -2.25. The largest absolute Gasteiger partial charge is 0.361 e. The summed E-state index contributed by atoms with van der Waals surface area (Å²) in [4.78, 5) is 8.77. The Morgan fingerprint density at radius 2 is 2.23 bits per heavy atom. The average molecular weight is 401 g/mol. The molecule has 0 amide bonds. The molecule has 1 N–H and O–H groups in total. The molecule has 4 rings (SSSR count). The minimum atomic E-state index is 1.09. The van der Waals surface area contributed by atoms with E-state index in [-0.39, 0.29) is 0 Å². The SMILES string of the molecule is CSc1ccc2[nH]cc(CSCCN3CC=C(c4cccs4)CC3)c2c1. The van der Waals surface area contributed by atoms with Gasteiger partial charge in [0.05, 0.1) is 0 Å². The Labute approximate surface area is 168 Å². The number of hydrogen-bond acceptors (Lipinski definition) is 4. The van der Waals surface area contributed by atoms with Crippen molar-refractivity contribution in [3.05, 3.63) is 58.4 Å². The third-order valence-electron chi connectivity index (χ3n) is 4.91.